The van der Waals surface area contributed by atoms with Crippen molar-refractivity contribution in [2.45, 2.75) is 102 Å². The molecule has 0 unspecified atom stereocenters. The molecule has 1 aliphatic carbocycles. The third-order valence-corrected chi connectivity index (χ3v) is 9.80. The van der Waals surface area contributed by atoms with Crippen molar-refractivity contribution in [1.82, 2.24) is 20.4 Å². The number of amides is 3. The molecule has 0 radical (unpaired) electrons. The average molecular weight is 678 g/mol. The zero-order chi connectivity index (χ0) is 30.7. The van der Waals surface area contributed by atoms with Gasteiger partial charge in [0, 0.05) is 63.0 Å². The second-order valence-electron chi connectivity index (χ2n) is 12.7. The minimum absolute atomic E-state index is 0. The number of ether oxygens (including phenoxy) is 2. The summed E-state index contributed by atoms with van der Waals surface area (Å²) in [5, 5.41) is 6.13. The van der Waals surface area contributed by atoms with Crippen LogP contribution in [0, 0.1) is 11.8 Å². The quantitative estimate of drug-likeness (QED) is 0.399. The van der Waals surface area contributed by atoms with E-state index in [1.807, 2.05) is 38.1 Å². The van der Waals surface area contributed by atoms with Gasteiger partial charge in [-0.25, -0.2) is 8.78 Å². The first-order valence-corrected chi connectivity index (χ1v) is 16.0. The molecule has 1 saturated carbocycles. The first kappa shape index (κ1) is 37.2. The van der Waals surface area contributed by atoms with Gasteiger partial charge in [-0.1, -0.05) is 32.0 Å². The van der Waals surface area contributed by atoms with Crippen molar-refractivity contribution < 1.29 is 32.6 Å². The largest absolute Gasteiger partial charge is 0.493 e. The van der Waals surface area contributed by atoms with Crippen LogP contribution in [-0.4, -0.2) is 90.5 Å². The second-order valence-corrected chi connectivity index (χ2v) is 12.7. The lowest BCUT2D eigenvalue weighted by Crippen LogP contribution is -2.66. The van der Waals surface area contributed by atoms with Gasteiger partial charge < -0.3 is 25.0 Å². The number of piperazine rings is 1. The highest BCUT2D eigenvalue weighted by molar-refractivity contribution is 5.93. The van der Waals surface area contributed by atoms with Gasteiger partial charge in [0.2, 0.25) is 23.6 Å². The summed E-state index contributed by atoms with van der Waals surface area (Å²) in [6.45, 7) is 8.01. The first-order valence-electron chi connectivity index (χ1n) is 16.0. The lowest BCUT2D eigenvalue weighted by Gasteiger charge is -2.45. The summed E-state index contributed by atoms with van der Waals surface area (Å²) in [6.07, 6.45) is 1.57. The van der Waals surface area contributed by atoms with Crippen LogP contribution < -0.4 is 15.4 Å². The van der Waals surface area contributed by atoms with Crippen LogP contribution in [0.2, 0.25) is 0 Å². The molecule has 3 amide bonds. The van der Waals surface area contributed by atoms with Crippen molar-refractivity contribution in [3.63, 3.8) is 0 Å². The van der Waals surface area contributed by atoms with Crippen molar-refractivity contribution in [2.75, 3.05) is 32.8 Å². The lowest BCUT2D eigenvalue weighted by molar-refractivity contribution is -0.150. The molecule has 4 aliphatic rings. The molecule has 3 heterocycles. The predicted octanol–water partition coefficient (Wildman–Crippen LogP) is 4.52. The van der Waals surface area contributed by atoms with Crippen LogP contribution in [0.25, 0.3) is 0 Å². The fourth-order valence-corrected chi connectivity index (χ4v) is 7.05. The number of fused-ring (bicyclic) bond motifs is 2. The van der Waals surface area contributed by atoms with Gasteiger partial charge in [0.15, 0.2) is 0 Å². The van der Waals surface area contributed by atoms with E-state index in [-0.39, 0.29) is 92.3 Å². The summed E-state index contributed by atoms with van der Waals surface area (Å²) in [5.41, 5.74) is 0.896. The van der Waals surface area contributed by atoms with Crippen LogP contribution in [0.15, 0.2) is 24.3 Å². The Hall–Kier alpha value is -2.21. The Morgan fingerprint density at radius 2 is 1.78 bits per heavy atom. The molecular weight excluding hydrogens is 629 g/mol. The van der Waals surface area contributed by atoms with Gasteiger partial charge in [-0.15, -0.1) is 24.8 Å². The highest BCUT2D eigenvalue weighted by atomic mass is 35.5. The van der Waals surface area contributed by atoms with Gasteiger partial charge in [-0.3, -0.25) is 19.3 Å². The van der Waals surface area contributed by atoms with E-state index in [9.17, 15) is 23.2 Å². The van der Waals surface area contributed by atoms with Crippen LogP contribution in [0.1, 0.15) is 77.3 Å². The fourth-order valence-electron chi connectivity index (χ4n) is 7.05. The number of halogens is 4. The zero-order valence-electron chi connectivity index (χ0n) is 26.3. The molecule has 6 atom stereocenters. The van der Waals surface area contributed by atoms with Crippen molar-refractivity contribution in [2.24, 2.45) is 11.8 Å². The number of rotatable bonds is 9. The molecular formula is C32H48Cl2F2N4O5. The van der Waals surface area contributed by atoms with Crippen molar-refractivity contribution >= 4 is 42.5 Å². The van der Waals surface area contributed by atoms with E-state index in [1.54, 1.807) is 11.8 Å². The van der Waals surface area contributed by atoms with Crippen LogP contribution in [-0.2, 0) is 19.1 Å². The number of nitrogens with zero attached hydrogens (tertiary/aromatic N) is 2. The molecule has 0 bridgehead atoms. The molecule has 1 aromatic rings. The van der Waals surface area contributed by atoms with E-state index in [1.165, 1.54) is 0 Å². The molecule has 254 valence electrons. The smallest absolute Gasteiger partial charge is 0.248 e. The number of carbonyl (C=O) groups is 3. The second kappa shape index (κ2) is 16.1. The molecule has 9 nitrogen and oxygen atoms in total. The van der Waals surface area contributed by atoms with E-state index < -0.39 is 23.9 Å². The van der Waals surface area contributed by atoms with Gasteiger partial charge in [-0.2, -0.15) is 0 Å². The van der Waals surface area contributed by atoms with E-state index in [2.05, 4.69) is 15.5 Å². The molecule has 45 heavy (non-hydrogen) atoms. The summed E-state index contributed by atoms with van der Waals surface area (Å²) >= 11 is 0. The summed E-state index contributed by atoms with van der Waals surface area (Å²) in [4.78, 5) is 45.5. The third kappa shape index (κ3) is 8.58. The molecule has 1 aromatic carbocycles. The summed E-state index contributed by atoms with van der Waals surface area (Å²) < 4.78 is 39.9. The van der Waals surface area contributed by atoms with Gasteiger partial charge in [0.05, 0.1) is 18.8 Å². The Balaban J connectivity index is 0.00000276. The Bertz CT molecular complexity index is 1170. The summed E-state index contributed by atoms with van der Waals surface area (Å²) in [6, 6.07) is 5.60. The Kier molecular flexibility index (Phi) is 13.3. The van der Waals surface area contributed by atoms with Crippen molar-refractivity contribution in [1.29, 1.82) is 0 Å². The summed E-state index contributed by atoms with van der Waals surface area (Å²) in [7, 11) is 0. The molecule has 3 aliphatic heterocycles. The molecule has 0 spiro atoms. The van der Waals surface area contributed by atoms with E-state index in [4.69, 9.17) is 9.47 Å². The van der Waals surface area contributed by atoms with Crippen LogP contribution in [0.5, 0.6) is 5.75 Å². The number of carbonyl (C=O) groups excluding carboxylic acids is 3. The monoisotopic (exact) mass is 676 g/mol. The normalized spacial score (nSPS) is 27.4. The SMILES string of the molecule is CCO[C@@H]1C[C@@H]2CN(C(=O)[C@@H](NC(=O)[C@H](C)CC)C3CCC(F)(F)CC3)[C@H](C(=O)N[C@@H]3CCOc4ccccc43)CN2C1.Cl.Cl. The molecule has 13 heteroatoms. The van der Waals surface area contributed by atoms with Crippen LogP contribution in [0.4, 0.5) is 8.78 Å². The summed E-state index contributed by atoms with van der Waals surface area (Å²) in [5.74, 6) is -3.69. The van der Waals surface area contributed by atoms with Crippen LogP contribution >= 0.6 is 24.8 Å². The topological polar surface area (TPSA) is 100 Å². The Labute approximate surface area is 277 Å². The van der Waals surface area contributed by atoms with Gasteiger partial charge in [0.25, 0.3) is 0 Å². The third-order valence-electron chi connectivity index (χ3n) is 9.80. The van der Waals surface area contributed by atoms with Crippen molar-refractivity contribution in [3.05, 3.63) is 29.8 Å². The van der Waals surface area contributed by atoms with Crippen molar-refractivity contribution in [3.8, 4) is 5.75 Å². The van der Waals surface area contributed by atoms with Gasteiger partial charge >= 0.3 is 0 Å². The number of benzene rings is 1. The Morgan fingerprint density at radius 1 is 1.07 bits per heavy atom. The number of nitrogens with one attached hydrogen (secondary N) is 2. The highest BCUT2D eigenvalue weighted by Gasteiger charge is 2.48. The molecule has 2 saturated heterocycles. The van der Waals surface area contributed by atoms with Crippen LogP contribution in [0.3, 0.4) is 0 Å². The minimum atomic E-state index is -2.77. The maximum absolute atomic E-state index is 14.5. The number of alkyl halides is 2. The lowest BCUT2D eigenvalue weighted by atomic mass is 9.81. The average Bonchev–Trinajstić information content (AvgIpc) is 3.40. The zero-order valence-corrected chi connectivity index (χ0v) is 28.0. The minimum Gasteiger partial charge on any atom is -0.493 e. The number of hydrogen-bond acceptors (Lipinski definition) is 6. The maximum Gasteiger partial charge on any atom is 0.248 e. The highest BCUT2D eigenvalue weighted by Crippen LogP contribution is 2.39. The maximum atomic E-state index is 14.5. The molecule has 2 N–H and O–H groups in total. The van der Waals surface area contributed by atoms with E-state index in [0.29, 0.717) is 45.7 Å². The van der Waals surface area contributed by atoms with E-state index in [0.717, 1.165) is 17.7 Å². The standard InChI is InChI=1S/C32H46F2N4O5.2ClH/c1-4-20(3)29(39)36-28(21-10-13-32(33,34)14-11-21)31(41)38-17-22-16-23(42-5-2)18-37(22)19-26(38)30(40)35-25-12-15-43-27-9-7-6-8-24(25)27;;/h6-9,20-23,25-26,28H,4-5,10-19H2,1-3H3,(H,35,40)(H,36,39);2*1H/t20-,22-,23-,25-,26+,28+;;/m1../s1. The first-order chi connectivity index (χ1) is 20.6. The van der Waals surface area contributed by atoms with Gasteiger partial charge in [0.1, 0.15) is 17.8 Å². The Morgan fingerprint density at radius 3 is 2.47 bits per heavy atom. The van der Waals surface area contributed by atoms with Gasteiger partial charge in [-0.05, 0) is 44.6 Å². The predicted molar refractivity (Wildman–Crippen MR) is 171 cm³/mol. The molecule has 0 aromatic heterocycles. The molecule has 3 fully saturated rings. The number of hydrogen-bond donors (Lipinski definition) is 2. The fraction of sp³-hybridized carbons (Fsp3) is 0.719. The van der Waals surface area contributed by atoms with E-state index >= 15 is 0 Å². The number of para-hydroxylation sites is 1. The molecule has 5 rings (SSSR count).